The SMILES string of the molecule is Cc1ccc(C2(C)NC(=O)N(CC(=O)N3CCCc4c(N)cccc43)C2=O)cc1. The maximum Gasteiger partial charge on any atom is 0.325 e. The fourth-order valence-corrected chi connectivity index (χ4v) is 4.05. The monoisotopic (exact) mass is 392 g/mol. The lowest BCUT2D eigenvalue weighted by atomic mass is 9.91. The number of nitrogens with zero attached hydrogens (tertiary/aromatic N) is 2. The first-order valence-corrected chi connectivity index (χ1v) is 9.70. The minimum absolute atomic E-state index is 0.298. The molecular formula is C22H24N4O3. The summed E-state index contributed by atoms with van der Waals surface area (Å²) in [5, 5.41) is 2.75. The Kier molecular flexibility index (Phi) is 4.53. The van der Waals surface area contributed by atoms with Crippen molar-refractivity contribution < 1.29 is 14.4 Å². The minimum atomic E-state index is -1.19. The van der Waals surface area contributed by atoms with E-state index in [2.05, 4.69) is 5.32 Å². The Bertz CT molecular complexity index is 1000. The van der Waals surface area contributed by atoms with Crippen LogP contribution in [0, 0.1) is 6.92 Å². The van der Waals surface area contributed by atoms with Gasteiger partial charge in [0.05, 0.1) is 0 Å². The molecule has 1 unspecified atom stereocenters. The number of rotatable bonds is 3. The van der Waals surface area contributed by atoms with E-state index in [1.807, 2.05) is 49.4 Å². The van der Waals surface area contributed by atoms with Crippen LogP contribution >= 0.6 is 0 Å². The number of anilines is 2. The van der Waals surface area contributed by atoms with E-state index in [-0.39, 0.29) is 12.5 Å². The number of aryl methyl sites for hydroxylation is 1. The van der Waals surface area contributed by atoms with Gasteiger partial charge >= 0.3 is 6.03 Å². The van der Waals surface area contributed by atoms with Crippen molar-refractivity contribution in [3.05, 3.63) is 59.2 Å². The van der Waals surface area contributed by atoms with Gasteiger partial charge in [0.25, 0.3) is 5.91 Å². The van der Waals surface area contributed by atoms with Gasteiger partial charge in [0, 0.05) is 17.9 Å². The van der Waals surface area contributed by atoms with Gasteiger partial charge in [-0.2, -0.15) is 0 Å². The molecule has 0 saturated carbocycles. The number of nitrogens with two attached hydrogens (primary N) is 1. The summed E-state index contributed by atoms with van der Waals surface area (Å²) in [4.78, 5) is 41.3. The van der Waals surface area contributed by atoms with Crippen LogP contribution in [0.4, 0.5) is 16.2 Å². The number of carbonyl (C=O) groups is 3. The van der Waals surface area contributed by atoms with Crippen LogP contribution < -0.4 is 16.0 Å². The first kappa shape index (κ1) is 19.0. The Labute approximate surface area is 169 Å². The Morgan fingerprint density at radius 1 is 1.17 bits per heavy atom. The fraction of sp³-hybridized carbons (Fsp3) is 0.318. The van der Waals surface area contributed by atoms with Crippen molar-refractivity contribution >= 4 is 29.2 Å². The fourth-order valence-electron chi connectivity index (χ4n) is 4.05. The summed E-state index contributed by atoms with van der Waals surface area (Å²) in [5.74, 6) is -0.724. The van der Waals surface area contributed by atoms with Crippen molar-refractivity contribution in [3.8, 4) is 0 Å². The topological polar surface area (TPSA) is 95.7 Å². The van der Waals surface area contributed by atoms with E-state index in [9.17, 15) is 14.4 Å². The number of amides is 4. The molecule has 7 heteroatoms. The number of carbonyl (C=O) groups excluding carboxylic acids is 3. The molecule has 3 N–H and O–H groups in total. The van der Waals surface area contributed by atoms with Gasteiger partial charge < -0.3 is 16.0 Å². The summed E-state index contributed by atoms with van der Waals surface area (Å²) < 4.78 is 0. The van der Waals surface area contributed by atoms with E-state index in [4.69, 9.17) is 5.73 Å². The van der Waals surface area contributed by atoms with Crippen molar-refractivity contribution in [3.63, 3.8) is 0 Å². The standard InChI is InChI=1S/C22H24N4O3/c1-14-8-10-15(11-9-14)22(2)20(28)26(21(29)24-22)13-19(27)25-12-4-5-16-17(23)6-3-7-18(16)25/h3,6-11H,4-5,12-13,23H2,1-2H3,(H,24,29). The van der Waals surface area contributed by atoms with Crippen LogP contribution in [0.2, 0.25) is 0 Å². The first-order valence-electron chi connectivity index (χ1n) is 9.70. The van der Waals surface area contributed by atoms with Crippen LogP contribution in [0.25, 0.3) is 0 Å². The third-order valence-electron chi connectivity index (χ3n) is 5.79. The molecule has 2 heterocycles. The zero-order valence-electron chi connectivity index (χ0n) is 16.6. The Balaban J connectivity index is 1.57. The molecule has 1 saturated heterocycles. The molecule has 1 fully saturated rings. The van der Waals surface area contributed by atoms with E-state index in [1.165, 1.54) is 0 Å². The Morgan fingerprint density at radius 2 is 1.90 bits per heavy atom. The van der Waals surface area contributed by atoms with Crippen molar-refractivity contribution in [1.82, 2.24) is 10.2 Å². The second-order valence-corrected chi connectivity index (χ2v) is 7.81. The highest BCUT2D eigenvalue weighted by atomic mass is 16.2. The molecule has 4 rings (SSSR count). The number of hydrogen-bond donors (Lipinski definition) is 2. The number of urea groups is 1. The summed E-state index contributed by atoms with van der Waals surface area (Å²) in [6.45, 7) is 3.85. The molecule has 0 aliphatic carbocycles. The minimum Gasteiger partial charge on any atom is -0.398 e. The van der Waals surface area contributed by atoms with Crippen LogP contribution in [0.5, 0.6) is 0 Å². The van der Waals surface area contributed by atoms with Gasteiger partial charge in [-0.05, 0) is 49.9 Å². The quantitative estimate of drug-likeness (QED) is 0.619. The van der Waals surface area contributed by atoms with Gasteiger partial charge in [0.1, 0.15) is 12.1 Å². The average Bonchev–Trinajstić information content (AvgIpc) is 2.92. The Hall–Kier alpha value is -3.35. The number of benzene rings is 2. The van der Waals surface area contributed by atoms with E-state index in [0.717, 1.165) is 34.6 Å². The summed E-state index contributed by atoms with van der Waals surface area (Å²) in [5.41, 5.74) is 8.97. The zero-order chi connectivity index (χ0) is 20.8. The van der Waals surface area contributed by atoms with Gasteiger partial charge in [0.2, 0.25) is 5.91 Å². The lowest BCUT2D eigenvalue weighted by Crippen LogP contribution is -2.46. The van der Waals surface area contributed by atoms with E-state index in [0.29, 0.717) is 17.8 Å². The largest absolute Gasteiger partial charge is 0.398 e. The second-order valence-electron chi connectivity index (χ2n) is 7.81. The van der Waals surface area contributed by atoms with Gasteiger partial charge in [-0.25, -0.2) is 4.79 Å². The maximum atomic E-state index is 13.1. The second kappa shape index (κ2) is 6.92. The molecule has 29 heavy (non-hydrogen) atoms. The number of nitrogen functional groups attached to an aromatic ring is 1. The highest BCUT2D eigenvalue weighted by molar-refractivity contribution is 6.10. The van der Waals surface area contributed by atoms with Gasteiger partial charge in [-0.3, -0.25) is 14.5 Å². The predicted octanol–water partition coefficient (Wildman–Crippen LogP) is 2.32. The molecule has 7 nitrogen and oxygen atoms in total. The highest BCUT2D eigenvalue weighted by Gasteiger charge is 2.49. The molecule has 150 valence electrons. The number of fused-ring (bicyclic) bond motifs is 1. The summed E-state index contributed by atoms with van der Waals surface area (Å²) in [6.07, 6.45) is 1.59. The smallest absolute Gasteiger partial charge is 0.325 e. The van der Waals surface area contributed by atoms with Crippen LogP contribution in [-0.2, 0) is 21.5 Å². The third-order valence-corrected chi connectivity index (χ3v) is 5.79. The van der Waals surface area contributed by atoms with E-state index < -0.39 is 17.5 Å². The molecule has 0 bridgehead atoms. The van der Waals surface area contributed by atoms with Crippen molar-refractivity contribution in [2.24, 2.45) is 0 Å². The molecule has 0 aromatic heterocycles. The number of imide groups is 1. The summed E-state index contributed by atoms with van der Waals surface area (Å²) in [7, 11) is 0. The van der Waals surface area contributed by atoms with Crippen LogP contribution in [0.15, 0.2) is 42.5 Å². The number of hydrogen-bond acceptors (Lipinski definition) is 4. The van der Waals surface area contributed by atoms with Gasteiger partial charge in [-0.15, -0.1) is 0 Å². The normalized spacial score (nSPS) is 21.2. The third kappa shape index (κ3) is 3.12. The van der Waals surface area contributed by atoms with Crippen molar-refractivity contribution in [2.45, 2.75) is 32.2 Å². The van der Waals surface area contributed by atoms with E-state index >= 15 is 0 Å². The molecule has 0 radical (unpaired) electrons. The summed E-state index contributed by atoms with van der Waals surface area (Å²) in [6, 6.07) is 12.3. The first-order chi connectivity index (χ1) is 13.8. The van der Waals surface area contributed by atoms with Gasteiger partial charge in [0.15, 0.2) is 0 Å². The molecule has 0 spiro atoms. The van der Waals surface area contributed by atoms with Crippen molar-refractivity contribution in [1.29, 1.82) is 0 Å². The van der Waals surface area contributed by atoms with Crippen LogP contribution in [0.1, 0.15) is 30.0 Å². The molecular weight excluding hydrogens is 368 g/mol. The molecule has 1 atom stereocenters. The average molecular weight is 392 g/mol. The Morgan fingerprint density at radius 3 is 2.62 bits per heavy atom. The highest BCUT2D eigenvalue weighted by Crippen LogP contribution is 2.32. The zero-order valence-corrected chi connectivity index (χ0v) is 16.6. The molecule has 2 aliphatic rings. The molecule has 2 aliphatic heterocycles. The molecule has 2 aromatic carbocycles. The molecule has 2 aromatic rings. The van der Waals surface area contributed by atoms with Crippen LogP contribution in [-0.4, -0.2) is 35.8 Å². The number of nitrogens with one attached hydrogen (secondary N) is 1. The van der Waals surface area contributed by atoms with Crippen LogP contribution in [0.3, 0.4) is 0 Å². The lowest BCUT2D eigenvalue weighted by molar-refractivity contribution is -0.134. The van der Waals surface area contributed by atoms with Gasteiger partial charge in [-0.1, -0.05) is 35.9 Å². The molecule has 4 amide bonds. The summed E-state index contributed by atoms with van der Waals surface area (Å²) >= 11 is 0. The van der Waals surface area contributed by atoms with Crippen molar-refractivity contribution in [2.75, 3.05) is 23.7 Å². The predicted molar refractivity (Wildman–Crippen MR) is 110 cm³/mol. The lowest BCUT2D eigenvalue weighted by Gasteiger charge is -2.31. The maximum absolute atomic E-state index is 13.1. The van der Waals surface area contributed by atoms with E-state index in [1.54, 1.807) is 11.8 Å².